The van der Waals surface area contributed by atoms with Gasteiger partial charge in [0, 0.05) is 43.7 Å². The average Bonchev–Trinajstić information content (AvgIpc) is 2.80. The Balaban J connectivity index is 1.74. The van der Waals surface area contributed by atoms with Crippen molar-refractivity contribution in [2.24, 2.45) is 17.6 Å². The fraction of sp³-hybridized carbons (Fsp3) is 0.680. The van der Waals surface area contributed by atoms with Crippen molar-refractivity contribution in [3.05, 3.63) is 17.7 Å². The largest absolute Gasteiger partial charge is 0.397 e. The Labute approximate surface area is 199 Å². The maximum absolute atomic E-state index is 13.2. The molecule has 0 aromatic heterocycles. The predicted octanol–water partition coefficient (Wildman–Crippen LogP) is 5.27. The highest BCUT2D eigenvalue weighted by atomic mass is 19.4. The van der Waals surface area contributed by atoms with Crippen LogP contribution in [0.3, 0.4) is 0 Å². The lowest BCUT2D eigenvalue weighted by atomic mass is 9.85. The molecule has 190 valence electrons. The van der Waals surface area contributed by atoms with Crippen molar-refractivity contribution in [2.45, 2.75) is 76.8 Å². The third kappa shape index (κ3) is 7.27. The molecule has 0 spiro atoms. The van der Waals surface area contributed by atoms with Crippen LogP contribution < -0.4 is 21.7 Å². The summed E-state index contributed by atoms with van der Waals surface area (Å²) in [6, 6.07) is 3.36. The third-order valence-corrected chi connectivity index (χ3v) is 7.19. The average molecular weight is 483 g/mol. The van der Waals surface area contributed by atoms with Crippen molar-refractivity contribution >= 4 is 28.8 Å². The number of ketones is 1. The zero-order valence-electron chi connectivity index (χ0n) is 19.8. The Hall–Kier alpha value is -2.45. The number of nitrogens with zero attached hydrogens (tertiary/aromatic N) is 1. The van der Waals surface area contributed by atoms with Crippen molar-refractivity contribution in [2.75, 3.05) is 35.6 Å². The number of piperidine rings is 1. The third-order valence-electron chi connectivity index (χ3n) is 7.19. The number of nitrogens with one attached hydrogen (secondary N) is 1. The summed E-state index contributed by atoms with van der Waals surface area (Å²) in [6.45, 7) is 0.720. The van der Waals surface area contributed by atoms with Crippen LogP contribution in [-0.4, -0.2) is 37.5 Å². The first-order valence-electron chi connectivity index (χ1n) is 12.5. The monoisotopic (exact) mass is 482 g/mol. The highest BCUT2D eigenvalue weighted by Crippen LogP contribution is 2.38. The van der Waals surface area contributed by atoms with E-state index >= 15 is 0 Å². The van der Waals surface area contributed by atoms with Gasteiger partial charge in [-0.15, -0.1) is 0 Å². The van der Waals surface area contributed by atoms with E-state index in [0.717, 1.165) is 12.8 Å². The van der Waals surface area contributed by atoms with Crippen LogP contribution in [0.5, 0.6) is 0 Å². The van der Waals surface area contributed by atoms with Crippen LogP contribution >= 0.6 is 0 Å². The lowest BCUT2D eigenvalue weighted by molar-refractivity contribution is -0.179. The molecular formula is C25H37F3N4O2. The Morgan fingerprint density at radius 3 is 2.32 bits per heavy atom. The van der Waals surface area contributed by atoms with Crippen molar-refractivity contribution in [1.29, 1.82) is 0 Å². The molecule has 1 aromatic rings. The molecule has 2 fully saturated rings. The van der Waals surface area contributed by atoms with E-state index in [0.29, 0.717) is 35.0 Å². The topological polar surface area (TPSA) is 101 Å². The summed E-state index contributed by atoms with van der Waals surface area (Å²) in [6.07, 6.45) is 4.41. The molecule has 1 aliphatic carbocycles. The fourth-order valence-corrected chi connectivity index (χ4v) is 5.17. The van der Waals surface area contributed by atoms with Gasteiger partial charge in [0.15, 0.2) is 5.78 Å². The summed E-state index contributed by atoms with van der Waals surface area (Å²) in [4.78, 5) is 26.1. The van der Waals surface area contributed by atoms with Crippen molar-refractivity contribution < 1.29 is 22.8 Å². The number of amides is 1. The Morgan fingerprint density at radius 2 is 1.71 bits per heavy atom. The molecular weight excluding hydrogens is 445 g/mol. The number of alkyl halides is 3. The summed E-state index contributed by atoms with van der Waals surface area (Å²) < 4.78 is 39.5. The Kier molecular flexibility index (Phi) is 9.08. The van der Waals surface area contributed by atoms with Crippen LogP contribution in [-0.2, 0) is 4.79 Å². The van der Waals surface area contributed by atoms with Crippen LogP contribution in [0.1, 0.15) is 81.0 Å². The van der Waals surface area contributed by atoms with Crippen LogP contribution in [0.2, 0.25) is 0 Å². The molecule has 3 rings (SSSR count). The molecule has 0 unspecified atom stereocenters. The van der Waals surface area contributed by atoms with Gasteiger partial charge in [-0.3, -0.25) is 9.59 Å². The zero-order valence-corrected chi connectivity index (χ0v) is 19.8. The van der Waals surface area contributed by atoms with E-state index in [1.165, 1.54) is 32.1 Å². The summed E-state index contributed by atoms with van der Waals surface area (Å²) in [5.74, 6) is -1.12. The second-order valence-electron chi connectivity index (χ2n) is 9.72. The van der Waals surface area contributed by atoms with Gasteiger partial charge in [0.25, 0.3) is 0 Å². The van der Waals surface area contributed by atoms with Gasteiger partial charge in [0.1, 0.15) is 0 Å². The van der Waals surface area contributed by atoms with Gasteiger partial charge in [0.2, 0.25) is 5.91 Å². The number of anilines is 3. The number of hydrogen-bond donors (Lipinski definition) is 3. The van der Waals surface area contributed by atoms with Gasteiger partial charge in [-0.2, -0.15) is 13.2 Å². The second kappa shape index (κ2) is 11.8. The van der Waals surface area contributed by atoms with E-state index in [1.807, 2.05) is 4.90 Å². The molecule has 0 radical (unpaired) electrons. The first-order chi connectivity index (χ1) is 16.1. The molecule has 2 aliphatic rings. The molecule has 1 amide bonds. The molecule has 1 aromatic carbocycles. The van der Waals surface area contributed by atoms with E-state index in [1.54, 1.807) is 12.1 Å². The summed E-state index contributed by atoms with van der Waals surface area (Å²) in [7, 11) is 0. The molecule has 1 aliphatic heterocycles. The lowest BCUT2D eigenvalue weighted by Crippen LogP contribution is -2.39. The fourth-order valence-electron chi connectivity index (χ4n) is 5.17. The number of nitrogen functional groups attached to an aromatic ring is 1. The van der Waals surface area contributed by atoms with Crippen molar-refractivity contribution in [1.82, 2.24) is 0 Å². The SMILES string of the molecule is NC(=O)CCNc1cc(N2CCC(C(F)(F)F)CC2)c(C(=O)CCCC2CCCCC2)cc1N. The van der Waals surface area contributed by atoms with Crippen LogP contribution in [0, 0.1) is 11.8 Å². The molecule has 6 nitrogen and oxygen atoms in total. The van der Waals surface area contributed by atoms with E-state index in [9.17, 15) is 22.8 Å². The molecule has 0 bridgehead atoms. The number of carbonyl (C=O) groups is 2. The minimum Gasteiger partial charge on any atom is -0.397 e. The lowest BCUT2D eigenvalue weighted by Gasteiger charge is -2.35. The first-order valence-corrected chi connectivity index (χ1v) is 12.5. The summed E-state index contributed by atoms with van der Waals surface area (Å²) >= 11 is 0. The summed E-state index contributed by atoms with van der Waals surface area (Å²) in [5.41, 5.74) is 13.4. The number of carbonyl (C=O) groups excluding carboxylic acids is 2. The van der Waals surface area contributed by atoms with Gasteiger partial charge in [-0.1, -0.05) is 38.5 Å². The molecule has 34 heavy (non-hydrogen) atoms. The highest BCUT2D eigenvalue weighted by Gasteiger charge is 2.41. The Bertz CT molecular complexity index is 845. The van der Waals surface area contributed by atoms with Crippen molar-refractivity contribution in [3.63, 3.8) is 0 Å². The molecule has 0 atom stereocenters. The normalized spacial score (nSPS) is 18.1. The maximum atomic E-state index is 13.2. The molecule has 5 N–H and O–H groups in total. The van der Waals surface area contributed by atoms with E-state index in [4.69, 9.17) is 11.5 Å². The minimum absolute atomic E-state index is 0.00633. The predicted molar refractivity (Wildman–Crippen MR) is 129 cm³/mol. The summed E-state index contributed by atoms with van der Waals surface area (Å²) in [5, 5.41) is 3.07. The second-order valence-corrected chi connectivity index (χ2v) is 9.72. The standard InChI is InChI=1S/C25H37F3N4O2/c26-25(27,28)18-10-13-32(14-11-18)22-16-21(31-12-9-24(30)34)20(29)15-19(22)23(33)8-4-7-17-5-2-1-3-6-17/h15-18,31H,1-14,29H2,(H2,30,34). The van der Waals surface area contributed by atoms with Crippen LogP contribution in [0.15, 0.2) is 12.1 Å². The molecule has 9 heteroatoms. The van der Waals surface area contributed by atoms with E-state index in [-0.39, 0.29) is 44.7 Å². The van der Waals surface area contributed by atoms with E-state index in [2.05, 4.69) is 5.32 Å². The van der Waals surface area contributed by atoms with Gasteiger partial charge in [-0.05, 0) is 37.3 Å². The number of primary amides is 1. The molecule has 1 saturated heterocycles. The number of halogens is 3. The quantitative estimate of drug-likeness (QED) is 0.312. The minimum atomic E-state index is -4.20. The number of Topliss-reactive ketones (excluding diaryl/α,β-unsaturated/α-hetero) is 1. The number of rotatable bonds is 10. The van der Waals surface area contributed by atoms with Crippen LogP contribution in [0.25, 0.3) is 0 Å². The number of hydrogen-bond acceptors (Lipinski definition) is 5. The molecule has 1 heterocycles. The smallest absolute Gasteiger partial charge is 0.391 e. The zero-order chi connectivity index (χ0) is 24.7. The Morgan fingerprint density at radius 1 is 1.03 bits per heavy atom. The van der Waals surface area contributed by atoms with Gasteiger partial charge >= 0.3 is 6.18 Å². The highest BCUT2D eigenvalue weighted by molar-refractivity contribution is 6.03. The number of nitrogens with two attached hydrogens (primary N) is 2. The van der Waals surface area contributed by atoms with Crippen molar-refractivity contribution in [3.8, 4) is 0 Å². The molecule has 1 saturated carbocycles. The number of benzene rings is 1. The van der Waals surface area contributed by atoms with Gasteiger partial charge in [0.05, 0.1) is 17.3 Å². The van der Waals surface area contributed by atoms with Crippen LogP contribution in [0.4, 0.5) is 30.2 Å². The maximum Gasteiger partial charge on any atom is 0.391 e. The van der Waals surface area contributed by atoms with Gasteiger partial charge < -0.3 is 21.7 Å². The van der Waals surface area contributed by atoms with E-state index < -0.39 is 18.0 Å². The van der Waals surface area contributed by atoms with Gasteiger partial charge in [-0.25, -0.2) is 0 Å². The first kappa shape index (κ1) is 26.2.